The Labute approximate surface area is 242 Å². The van der Waals surface area contributed by atoms with Gasteiger partial charge in [-0.2, -0.15) is 0 Å². The van der Waals surface area contributed by atoms with E-state index in [1.807, 2.05) is 102 Å². The molecule has 0 spiro atoms. The molecule has 0 saturated carbocycles. The van der Waals surface area contributed by atoms with Crippen molar-refractivity contribution in [3.05, 3.63) is 107 Å². The number of carbonyl (C=O) groups excluding carboxylic acids is 1. The Hall–Kier alpha value is -3.60. The van der Waals surface area contributed by atoms with E-state index in [1.54, 1.807) is 0 Å². The van der Waals surface area contributed by atoms with Crippen molar-refractivity contribution in [1.82, 2.24) is 9.38 Å². The maximum Gasteiger partial charge on any atom is 0.271 e. The number of hydrogen-bond acceptors (Lipinski definition) is 4. The molecule has 0 saturated heterocycles. The molecule has 1 N–H and O–H groups in total. The Morgan fingerprint density at radius 1 is 0.897 bits per heavy atom. The average Bonchev–Trinajstić information content (AvgIpc) is 2.88. The number of rotatable bonds is 2. The van der Waals surface area contributed by atoms with Gasteiger partial charge >= 0.3 is 0 Å². The van der Waals surface area contributed by atoms with Crippen molar-refractivity contribution >= 4 is 33.1 Å². The van der Waals surface area contributed by atoms with Crippen LogP contribution >= 0.6 is 0 Å². The largest absolute Gasteiger partial charge is 0.512 e. The van der Waals surface area contributed by atoms with E-state index in [2.05, 4.69) is 33.7 Å². The third-order valence-corrected chi connectivity index (χ3v) is 6.28. The van der Waals surface area contributed by atoms with Crippen molar-refractivity contribution < 1.29 is 30.0 Å². The minimum atomic E-state index is -0.417. The number of fused-ring (bicyclic) bond motifs is 5. The molecule has 2 heterocycles. The zero-order valence-corrected chi connectivity index (χ0v) is 25.5. The van der Waals surface area contributed by atoms with Crippen LogP contribution in [0, 0.1) is 16.9 Å². The molecule has 6 heteroatoms. The molecule has 0 aliphatic carbocycles. The number of hydrogen-bond donors (Lipinski definition) is 1. The monoisotopic (exact) mass is 698 g/mol. The first-order chi connectivity index (χ1) is 17.9. The van der Waals surface area contributed by atoms with E-state index in [-0.39, 0.29) is 42.6 Å². The summed E-state index contributed by atoms with van der Waals surface area (Å²) in [6.07, 6.45) is 1.33. The Balaban J connectivity index is 0.000000260. The van der Waals surface area contributed by atoms with Crippen LogP contribution in [-0.2, 0) is 24.9 Å². The number of pyridine rings is 1. The predicted octanol–water partition coefficient (Wildman–Crippen LogP) is 7.56. The van der Waals surface area contributed by atoms with Gasteiger partial charge in [0, 0.05) is 42.7 Å². The summed E-state index contributed by atoms with van der Waals surface area (Å²) in [6, 6.07) is 29.0. The summed E-state index contributed by atoms with van der Waals surface area (Å²) < 4.78 is 2.06. The van der Waals surface area contributed by atoms with Gasteiger partial charge in [0.15, 0.2) is 5.78 Å². The predicted molar refractivity (Wildman–Crippen MR) is 155 cm³/mol. The molecule has 0 fully saturated rings. The third-order valence-electron chi connectivity index (χ3n) is 6.28. The molecule has 5 rings (SSSR count). The first-order valence-electron chi connectivity index (χ1n) is 12.6. The summed E-state index contributed by atoms with van der Waals surface area (Å²) in [6.45, 7) is 11.1. The van der Waals surface area contributed by atoms with Gasteiger partial charge in [-0.25, -0.2) is 4.98 Å². The van der Waals surface area contributed by atoms with Gasteiger partial charge in [0.2, 0.25) is 0 Å². The van der Waals surface area contributed by atoms with Gasteiger partial charge in [-0.15, -0.1) is 35.0 Å². The van der Waals surface area contributed by atoms with E-state index in [4.69, 9.17) is 0 Å². The van der Waals surface area contributed by atoms with Crippen LogP contribution in [0.1, 0.15) is 41.5 Å². The molecule has 0 amide bonds. The van der Waals surface area contributed by atoms with E-state index in [1.165, 1.54) is 6.08 Å². The molecule has 3 aromatic carbocycles. The van der Waals surface area contributed by atoms with E-state index < -0.39 is 5.41 Å². The van der Waals surface area contributed by atoms with E-state index in [0.717, 1.165) is 27.5 Å². The molecule has 1 radical (unpaired) electrons. The minimum absolute atomic E-state index is 0. The minimum Gasteiger partial charge on any atom is -0.512 e. The van der Waals surface area contributed by atoms with Crippen LogP contribution < -0.4 is 5.56 Å². The fourth-order valence-electron chi connectivity index (χ4n) is 3.94. The second kappa shape index (κ2) is 11.6. The van der Waals surface area contributed by atoms with Crippen molar-refractivity contribution in [2.45, 2.75) is 41.5 Å². The van der Waals surface area contributed by atoms with Crippen molar-refractivity contribution in [2.75, 3.05) is 0 Å². The van der Waals surface area contributed by atoms with Crippen LogP contribution in [-0.4, -0.2) is 20.3 Å². The van der Waals surface area contributed by atoms with Crippen LogP contribution in [0.5, 0.6) is 0 Å². The Morgan fingerprint density at radius 3 is 2.18 bits per heavy atom. The molecule has 39 heavy (non-hydrogen) atoms. The number of benzene rings is 3. The standard InChI is InChI=1S/C22H13N2O.C11H20O2.Ir/c25-22-18-12-6-7-13-19(18)24-20(15-8-2-1-3-9-15)14-16-10-4-5-11-17(16)21(24)23-22;1-10(2,3)8(12)7-9(13)11(4,5)6;/h1-10,12-14H;7,12H,1-6H3;/q-1;;. The van der Waals surface area contributed by atoms with Crippen LogP contribution in [0.4, 0.5) is 0 Å². The average molecular weight is 698 g/mol. The molecule has 0 atom stereocenters. The number of aliphatic hydroxyl groups is 1. The fraction of sp³-hybridized carbons (Fsp3) is 0.242. The number of carbonyl (C=O) groups is 1. The van der Waals surface area contributed by atoms with Gasteiger partial charge in [0.05, 0.1) is 16.6 Å². The third kappa shape index (κ3) is 6.52. The van der Waals surface area contributed by atoms with E-state index >= 15 is 0 Å². The Kier molecular flexibility index (Phi) is 8.94. The number of aromatic nitrogens is 2. The summed E-state index contributed by atoms with van der Waals surface area (Å²) >= 11 is 0. The normalized spacial score (nSPS) is 12.1. The molecule has 0 aliphatic rings. The van der Waals surface area contributed by atoms with Crippen molar-refractivity contribution in [3.8, 4) is 11.3 Å². The van der Waals surface area contributed by atoms with Gasteiger partial charge < -0.3 is 9.51 Å². The molecule has 203 valence electrons. The maximum absolute atomic E-state index is 12.5. The van der Waals surface area contributed by atoms with Crippen LogP contribution in [0.3, 0.4) is 0 Å². The van der Waals surface area contributed by atoms with Crippen LogP contribution in [0.25, 0.3) is 38.6 Å². The fourth-order valence-corrected chi connectivity index (χ4v) is 3.94. The molecule has 0 aliphatic heterocycles. The summed E-state index contributed by atoms with van der Waals surface area (Å²) in [7, 11) is 0. The molecule has 2 aromatic heterocycles. The first-order valence-corrected chi connectivity index (χ1v) is 12.6. The Bertz CT molecular complexity index is 1720. The summed E-state index contributed by atoms with van der Waals surface area (Å²) in [5.41, 5.74) is 2.61. The zero-order valence-electron chi connectivity index (χ0n) is 23.1. The second-order valence-electron chi connectivity index (χ2n) is 11.4. The number of ketones is 1. The molecular formula is C33H33IrN2O3-. The molecular weight excluding hydrogens is 665 g/mol. The van der Waals surface area contributed by atoms with E-state index in [0.29, 0.717) is 11.0 Å². The number of nitrogens with zero attached hydrogens (tertiary/aromatic N) is 2. The Morgan fingerprint density at radius 2 is 1.54 bits per heavy atom. The van der Waals surface area contributed by atoms with Crippen molar-refractivity contribution in [3.63, 3.8) is 0 Å². The van der Waals surface area contributed by atoms with Crippen LogP contribution in [0.2, 0.25) is 0 Å². The van der Waals surface area contributed by atoms with Crippen LogP contribution in [0.15, 0.2) is 95.5 Å². The summed E-state index contributed by atoms with van der Waals surface area (Å²) in [5, 5.41) is 12.0. The molecule has 0 bridgehead atoms. The van der Waals surface area contributed by atoms with Gasteiger partial charge in [0.1, 0.15) is 5.76 Å². The molecule has 0 unspecified atom stereocenters. The quantitative estimate of drug-likeness (QED) is 0.0896. The smallest absolute Gasteiger partial charge is 0.271 e. The van der Waals surface area contributed by atoms with E-state index in [9.17, 15) is 14.7 Å². The number of aliphatic hydroxyl groups excluding tert-OH is 1. The van der Waals surface area contributed by atoms with Crippen molar-refractivity contribution in [2.24, 2.45) is 10.8 Å². The first kappa shape index (κ1) is 29.9. The SMILES string of the molecule is CC(C)(C)C(=O)C=C(O)C(C)(C)C.O=c1nc2c3[c-]cccc3cc(-c3ccccc3)n2c2ccccc12.[Ir]. The molecule has 5 nitrogen and oxygen atoms in total. The number of allylic oxidation sites excluding steroid dienone is 2. The topological polar surface area (TPSA) is 71.7 Å². The zero-order chi connectivity index (χ0) is 27.7. The van der Waals surface area contributed by atoms with Crippen molar-refractivity contribution in [1.29, 1.82) is 0 Å². The van der Waals surface area contributed by atoms with Gasteiger partial charge in [-0.3, -0.25) is 9.59 Å². The summed E-state index contributed by atoms with van der Waals surface area (Å²) in [5.74, 6) is 0.104. The van der Waals surface area contributed by atoms with Gasteiger partial charge in [-0.1, -0.05) is 90.1 Å². The maximum atomic E-state index is 12.5. The number of para-hydroxylation sites is 1. The second-order valence-corrected chi connectivity index (χ2v) is 11.4. The van der Waals surface area contributed by atoms with Gasteiger partial charge in [-0.05, 0) is 17.7 Å². The molecule has 5 aromatic rings. The summed E-state index contributed by atoms with van der Waals surface area (Å²) in [4.78, 5) is 28.4. The van der Waals surface area contributed by atoms with Gasteiger partial charge in [0.25, 0.3) is 5.56 Å².